The van der Waals surface area contributed by atoms with Crippen LogP contribution in [0.3, 0.4) is 0 Å². The molecule has 1 N–H and O–H groups in total. The first-order valence-electron chi connectivity index (χ1n) is 6.43. The molecule has 0 spiro atoms. The molecule has 0 unspecified atom stereocenters. The molecule has 0 aliphatic heterocycles. The maximum atomic E-state index is 12.2. The van der Waals surface area contributed by atoms with E-state index in [1.54, 1.807) is 17.0 Å². The van der Waals surface area contributed by atoms with Crippen molar-refractivity contribution in [3.05, 3.63) is 22.7 Å². The molecule has 0 amide bonds. The van der Waals surface area contributed by atoms with Crippen molar-refractivity contribution in [3.8, 4) is 0 Å². The molecule has 0 bridgehead atoms. The van der Waals surface area contributed by atoms with E-state index in [4.69, 9.17) is 0 Å². The van der Waals surface area contributed by atoms with E-state index < -0.39 is 0 Å². The fourth-order valence-electron chi connectivity index (χ4n) is 1.62. The van der Waals surface area contributed by atoms with Gasteiger partial charge in [0.15, 0.2) is 5.82 Å². The lowest BCUT2D eigenvalue weighted by atomic mass is 9.92. The largest absolute Gasteiger partial charge is 0.365 e. The predicted molar refractivity (Wildman–Crippen MR) is 76.1 cm³/mol. The van der Waals surface area contributed by atoms with Crippen molar-refractivity contribution in [2.45, 2.75) is 53.5 Å². The molecule has 18 heavy (non-hydrogen) atoms. The maximum Gasteiger partial charge on any atom is 0.293 e. The minimum Gasteiger partial charge on any atom is -0.365 e. The van der Waals surface area contributed by atoms with E-state index in [0.717, 1.165) is 13.0 Å². The number of aromatic nitrogens is 2. The predicted octanol–water partition coefficient (Wildman–Crippen LogP) is 2.85. The fraction of sp³-hybridized carbons (Fsp3) is 0.714. The molecule has 0 aliphatic carbocycles. The van der Waals surface area contributed by atoms with Crippen LogP contribution in [0.1, 0.15) is 48.0 Å². The normalized spacial score (nSPS) is 12.6. The van der Waals surface area contributed by atoms with E-state index in [2.05, 4.69) is 31.1 Å². The van der Waals surface area contributed by atoms with Crippen LogP contribution >= 0.6 is 0 Å². The first-order valence-corrected chi connectivity index (χ1v) is 6.43. The van der Waals surface area contributed by atoms with Crippen molar-refractivity contribution in [2.24, 2.45) is 5.41 Å². The standard InChI is InChI=1S/C14H25N3O/c1-13(2,3)7-8-15-11-12(18)17(10-9-16-11)14(4,5)6/h9-10H,7-8H2,1-6H3,(H,15,16). The molecule has 0 radical (unpaired) electrons. The highest BCUT2D eigenvalue weighted by Gasteiger charge is 2.17. The minimum atomic E-state index is -0.222. The second kappa shape index (κ2) is 5.12. The number of nitrogens with zero attached hydrogens (tertiary/aromatic N) is 2. The van der Waals surface area contributed by atoms with Crippen molar-refractivity contribution in [3.63, 3.8) is 0 Å². The van der Waals surface area contributed by atoms with Gasteiger partial charge in [0.1, 0.15) is 0 Å². The van der Waals surface area contributed by atoms with Gasteiger partial charge in [-0.1, -0.05) is 20.8 Å². The second-order valence-electron chi connectivity index (χ2n) is 6.86. The summed E-state index contributed by atoms with van der Waals surface area (Å²) in [7, 11) is 0. The van der Waals surface area contributed by atoms with Crippen LogP contribution in [0, 0.1) is 5.41 Å². The lowest BCUT2D eigenvalue weighted by Gasteiger charge is -2.23. The molecule has 4 nitrogen and oxygen atoms in total. The second-order valence-corrected chi connectivity index (χ2v) is 6.86. The van der Waals surface area contributed by atoms with E-state index in [-0.39, 0.29) is 16.5 Å². The smallest absolute Gasteiger partial charge is 0.293 e. The molecule has 0 saturated heterocycles. The van der Waals surface area contributed by atoms with Crippen LogP contribution in [0.2, 0.25) is 0 Å². The zero-order chi connectivity index (χ0) is 14.0. The third-order valence-corrected chi connectivity index (χ3v) is 2.73. The quantitative estimate of drug-likeness (QED) is 0.898. The Morgan fingerprint density at radius 2 is 1.83 bits per heavy atom. The minimum absolute atomic E-state index is 0.0566. The molecule has 102 valence electrons. The SMILES string of the molecule is CC(C)(C)CCNc1nccn(C(C)(C)C)c1=O. The number of nitrogens with one attached hydrogen (secondary N) is 1. The Hall–Kier alpha value is -1.32. The van der Waals surface area contributed by atoms with Gasteiger partial charge in [0.25, 0.3) is 5.56 Å². The molecule has 1 aromatic heterocycles. The van der Waals surface area contributed by atoms with Crippen LogP contribution in [0.25, 0.3) is 0 Å². The summed E-state index contributed by atoms with van der Waals surface area (Å²) in [5.74, 6) is 0.441. The van der Waals surface area contributed by atoms with Crippen molar-refractivity contribution in [1.29, 1.82) is 0 Å². The van der Waals surface area contributed by atoms with Crippen LogP contribution in [-0.2, 0) is 5.54 Å². The molecule has 1 aromatic rings. The molecule has 0 saturated carbocycles. The Morgan fingerprint density at radius 1 is 1.22 bits per heavy atom. The summed E-state index contributed by atoms with van der Waals surface area (Å²) in [5.41, 5.74) is -0.0235. The molecule has 1 rings (SSSR count). The van der Waals surface area contributed by atoms with Crippen LogP contribution in [0.5, 0.6) is 0 Å². The Morgan fingerprint density at radius 3 is 2.33 bits per heavy atom. The fourth-order valence-corrected chi connectivity index (χ4v) is 1.62. The van der Waals surface area contributed by atoms with Crippen molar-refractivity contribution in [1.82, 2.24) is 9.55 Å². The maximum absolute atomic E-state index is 12.2. The highest BCUT2D eigenvalue weighted by molar-refractivity contribution is 5.31. The van der Waals surface area contributed by atoms with Crippen molar-refractivity contribution < 1.29 is 0 Å². The molecule has 1 heterocycles. The molecule has 4 heteroatoms. The lowest BCUT2D eigenvalue weighted by molar-refractivity contribution is 0.380. The van der Waals surface area contributed by atoms with Crippen LogP contribution in [0.15, 0.2) is 17.2 Å². The number of hydrogen-bond acceptors (Lipinski definition) is 3. The third-order valence-electron chi connectivity index (χ3n) is 2.73. The first kappa shape index (κ1) is 14.7. The molecule has 0 aliphatic rings. The van der Waals surface area contributed by atoms with E-state index in [1.165, 1.54) is 0 Å². The van der Waals surface area contributed by atoms with E-state index in [9.17, 15) is 4.79 Å². The van der Waals surface area contributed by atoms with Gasteiger partial charge in [0.2, 0.25) is 0 Å². The first-order chi connectivity index (χ1) is 8.11. The van der Waals surface area contributed by atoms with Gasteiger partial charge in [-0.25, -0.2) is 4.98 Å². The number of anilines is 1. The van der Waals surface area contributed by atoms with Crippen molar-refractivity contribution in [2.75, 3.05) is 11.9 Å². The van der Waals surface area contributed by atoms with Crippen molar-refractivity contribution >= 4 is 5.82 Å². The van der Waals surface area contributed by atoms with Crippen LogP contribution in [-0.4, -0.2) is 16.1 Å². The Bertz CT molecular complexity index is 449. The molecule has 0 aromatic carbocycles. The molecular formula is C14H25N3O. The van der Waals surface area contributed by atoms with E-state index in [1.807, 2.05) is 20.8 Å². The van der Waals surface area contributed by atoms with E-state index >= 15 is 0 Å². The summed E-state index contributed by atoms with van der Waals surface area (Å²) in [6.45, 7) is 13.3. The Kier molecular flexibility index (Phi) is 4.20. The van der Waals surface area contributed by atoms with Crippen LogP contribution in [0.4, 0.5) is 5.82 Å². The van der Waals surface area contributed by atoms with Gasteiger partial charge < -0.3 is 9.88 Å². The summed E-state index contributed by atoms with van der Waals surface area (Å²) < 4.78 is 1.71. The monoisotopic (exact) mass is 251 g/mol. The van der Waals surface area contributed by atoms with E-state index in [0.29, 0.717) is 5.82 Å². The molecule has 0 fully saturated rings. The summed E-state index contributed by atoms with van der Waals surface area (Å²) in [4.78, 5) is 16.3. The summed E-state index contributed by atoms with van der Waals surface area (Å²) >= 11 is 0. The average Bonchev–Trinajstić information content (AvgIpc) is 2.17. The molecule has 0 atom stereocenters. The zero-order valence-corrected chi connectivity index (χ0v) is 12.4. The summed E-state index contributed by atoms with van der Waals surface area (Å²) in [6.07, 6.45) is 4.40. The topological polar surface area (TPSA) is 46.9 Å². The van der Waals surface area contributed by atoms with Gasteiger partial charge in [-0.2, -0.15) is 0 Å². The molecular weight excluding hydrogens is 226 g/mol. The Labute approximate surface area is 109 Å². The average molecular weight is 251 g/mol. The van der Waals surface area contributed by atoms with Gasteiger partial charge in [0.05, 0.1) is 0 Å². The number of hydrogen-bond donors (Lipinski definition) is 1. The summed E-state index contributed by atoms with van der Waals surface area (Å²) in [6, 6.07) is 0. The van der Waals surface area contributed by atoms with Crippen LogP contribution < -0.4 is 10.9 Å². The summed E-state index contributed by atoms with van der Waals surface area (Å²) in [5, 5.41) is 3.14. The van der Waals surface area contributed by atoms with Gasteiger partial charge in [-0.05, 0) is 32.6 Å². The zero-order valence-electron chi connectivity index (χ0n) is 12.4. The number of rotatable bonds is 3. The van der Waals surface area contributed by atoms with Gasteiger partial charge >= 0.3 is 0 Å². The van der Waals surface area contributed by atoms with Gasteiger partial charge in [0, 0.05) is 24.5 Å². The lowest BCUT2D eigenvalue weighted by Crippen LogP contribution is -2.35. The highest BCUT2D eigenvalue weighted by Crippen LogP contribution is 2.18. The third kappa shape index (κ3) is 4.17. The Balaban J connectivity index is 2.83. The van der Waals surface area contributed by atoms with Gasteiger partial charge in [-0.15, -0.1) is 0 Å². The highest BCUT2D eigenvalue weighted by atomic mass is 16.1. The van der Waals surface area contributed by atoms with Gasteiger partial charge in [-0.3, -0.25) is 4.79 Å².